The molecule has 0 N–H and O–H groups in total. The van der Waals surface area contributed by atoms with E-state index in [-0.39, 0.29) is 0 Å². The van der Waals surface area contributed by atoms with Crippen LogP contribution in [-0.4, -0.2) is 25.0 Å². The van der Waals surface area contributed by atoms with Gasteiger partial charge in [-0.2, -0.15) is 0 Å². The smallest absolute Gasteiger partial charge is 0.0595 e. The standard InChI is InChI=1S/C14H17Cl2N/c1-17-8-11-3-2-6-14(11,9-17)10-4-5-12(15)13(16)7-10/h4-5,7,11H,2-3,6,8-9H2,1H3/t11?,14-/m0/s1. The van der Waals surface area contributed by atoms with Crippen molar-refractivity contribution in [3.05, 3.63) is 33.8 Å². The zero-order chi connectivity index (χ0) is 12.0. The van der Waals surface area contributed by atoms with Crippen LogP contribution in [0.3, 0.4) is 0 Å². The molecular weight excluding hydrogens is 253 g/mol. The van der Waals surface area contributed by atoms with Crippen LogP contribution in [0, 0.1) is 5.92 Å². The van der Waals surface area contributed by atoms with E-state index < -0.39 is 0 Å². The molecule has 1 heterocycles. The summed E-state index contributed by atoms with van der Waals surface area (Å²) in [4.78, 5) is 2.45. The molecule has 3 heteroatoms. The van der Waals surface area contributed by atoms with Gasteiger partial charge in [-0.05, 0) is 43.5 Å². The van der Waals surface area contributed by atoms with Gasteiger partial charge in [0.2, 0.25) is 0 Å². The Morgan fingerprint density at radius 3 is 2.88 bits per heavy atom. The Labute approximate surface area is 113 Å². The fourth-order valence-electron chi connectivity index (χ4n) is 3.82. The molecule has 17 heavy (non-hydrogen) atoms. The lowest BCUT2D eigenvalue weighted by atomic mass is 9.75. The molecule has 0 amide bonds. The number of hydrogen-bond acceptors (Lipinski definition) is 1. The van der Waals surface area contributed by atoms with E-state index in [1.807, 2.05) is 6.07 Å². The Morgan fingerprint density at radius 1 is 1.29 bits per heavy atom. The number of hydrogen-bond donors (Lipinski definition) is 0. The summed E-state index contributed by atoms with van der Waals surface area (Å²) in [5.41, 5.74) is 1.72. The Morgan fingerprint density at radius 2 is 2.12 bits per heavy atom. The minimum Gasteiger partial charge on any atom is -0.305 e. The maximum Gasteiger partial charge on any atom is 0.0595 e. The van der Waals surface area contributed by atoms with E-state index in [1.54, 1.807) is 0 Å². The number of fused-ring (bicyclic) bond motifs is 1. The van der Waals surface area contributed by atoms with Crippen molar-refractivity contribution < 1.29 is 0 Å². The summed E-state index contributed by atoms with van der Waals surface area (Å²) in [6, 6.07) is 6.20. The van der Waals surface area contributed by atoms with Gasteiger partial charge >= 0.3 is 0 Å². The van der Waals surface area contributed by atoms with E-state index in [0.717, 1.165) is 12.5 Å². The SMILES string of the molecule is CN1CC2CCC[C@@]2(c2ccc(Cl)c(Cl)c2)C1. The predicted molar refractivity (Wildman–Crippen MR) is 73.0 cm³/mol. The molecule has 1 aromatic rings. The first-order chi connectivity index (χ1) is 8.12. The fraction of sp³-hybridized carbons (Fsp3) is 0.571. The second-order valence-electron chi connectivity index (χ2n) is 5.57. The summed E-state index contributed by atoms with van der Waals surface area (Å²) in [6.45, 7) is 2.38. The molecule has 1 saturated heterocycles. The quantitative estimate of drug-likeness (QED) is 0.746. The van der Waals surface area contributed by atoms with Gasteiger partial charge in [0.05, 0.1) is 10.0 Å². The highest BCUT2D eigenvalue weighted by Gasteiger charge is 2.49. The third-order valence-corrected chi connectivity index (χ3v) is 5.27. The van der Waals surface area contributed by atoms with Crippen LogP contribution in [0.5, 0.6) is 0 Å². The Balaban J connectivity index is 2.04. The lowest BCUT2D eigenvalue weighted by molar-refractivity contribution is 0.360. The minimum absolute atomic E-state index is 0.336. The van der Waals surface area contributed by atoms with Crippen LogP contribution in [0.1, 0.15) is 24.8 Å². The zero-order valence-corrected chi connectivity index (χ0v) is 11.6. The highest BCUT2D eigenvalue weighted by atomic mass is 35.5. The van der Waals surface area contributed by atoms with Gasteiger partial charge in [0.25, 0.3) is 0 Å². The highest BCUT2D eigenvalue weighted by molar-refractivity contribution is 6.42. The van der Waals surface area contributed by atoms with E-state index >= 15 is 0 Å². The van der Waals surface area contributed by atoms with E-state index in [2.05, 4.69) is 24.1 Å². The second-order valence-corrected chi connectivity index (χ2v) is 6.39. The van der Waals surface area contributed by atoms with Gasteiger partial charge in [-0.15, -0.1) is 0 Å². The monoisotopic (exact) mass is 269 g/mol. The zero-order valence-electron chi connectivity index (χ0n) is 10.0. The molecule has 0 aromatic heterocycles. The molecule has 1 saturated carbocycles. The van der Waals surface area contributed by atoms with Gasteiger partial charge in [-0.3, -0.25) is 0 Å². The van der Waals surface area contributed by atoms with Gasteiger partial charge in [0, 0.05) is 18.5 Å². The molecule has 1 aromatic carbocycles. The molecule has 0 radical (unpaired) electrons. The van der Waals surface area contributed by atoms with Crippen molar-refractivity contribution in [1.29, 1.82) is 0 Å². The van der Waals surface area contributed by atoms with Crippen molar-refractivity contribution in [1.82, 2.24) is 4.90 Å². The van der Waals surface area contributed by atoms with Crippen molar-refractivity contribution in [2.75, 3.05) is 20.1 Å². The highest BCUT2D eigenvalue weighted by Crippen LogP contribution is 2.50. The molecule has 0 bridgehead atoms. The summed E-state index contributed by atoms with van der Waals surface area (Å²) >= 11 is 12.2. The molecule has 2 aliphatic rings. The Bertz CT molecular complexity index is 446. The number of likely N-dealkylation sites (N-methyl/N-ethyl adjacent to an activating group) is 1. The Hall–Kier alpha value is -0.240. The van der Waals surface area contributed by atoms with Crippen LogP contribution in [-0.2, 0) is 5.41 Å². The average molecular weight is 270 g/mol. The summed E-state index contributed by atoms with van der Waals surface area (Å²) in [5.74, 6) is 0.796. The van der Waals surface area contributed by atoms with E-state index in [1.165, 1.54) is 31.4 Å². The van der Waals surface area contributed by atoms with Crippen molar-refractivity contribution >= 4 is 23.2 Å². The van der Waals surface area contributed by atoms with Gasteiger partial charge in [-0.1, -0.05) is 35.7 Å². The van der Waals surface area contributed by atoms with E-state index in [0.29, 0.717) is 15.5 Å². The third kappa shape index (κ3) is 1.80. The topological polar surface area (TPSA) is 3.24 Å². The maximum absolute atomic E-state index is 6.17. The molecule has 0 spiro atoms. The first kappa shape index (κ1) is 11.8. The van der Waals surface area contributed by atoms with Crippen molar-refractivity contribution in [2.45, 2.75) is 24.7 Å². The first-order valence-corrected chi connectivity index (χ1v) is 7.01. The van der Waals surface area contributed by atoms with Crippen molar-refractivity contribution in [2.24, 2.45) is 5.92 Å². The normalized spacial score (nSPS) is 33.0. The molecule has 92 valence electrons. The summed E-state index contributed by atoms with van der Waals surface area (Å²) in [7, 11) is 2.22. The van der Waals surface area contributed by atoms with Gasteiger partial charge < -0.3 is 4.90 Å². The summed E-state index contributed by atoms with van der Waals surface area (Å²) < 4.78 is 0. The van der Waals surface area contributed by atoms with Crippen molar-refractivity contribution in [3.8, 4) is 0 Å². The minimum atomic E-state index is 0.336. The first-order valence-electron chi connectivity index (χ1n) is 6.26. The predicted octanol–water partition coefficient (Wildman–Crippen LogP) is 3.98. The van der Waals surface area contributed by atoms with Gasteiger partial charge in [0.15, 0.2) is 0 Å². The largest absolute Gasteiger partial charge is 0.305 e. The fourth-order valence-corrected chi connectivity index (χ4v) is 4.12. The van der Waals surface area contributed by atoms with Gasteiger partial charge in [-0.25, -0.2) is 0 Å². The van der Waals surface area contributed by atoms with Crippen LogP contribution in [0.15, 0.2) is 18.2 Å². The van der Waals surface area contributed by atoms with Crippen molar-refractivity contribution in [3.63, 3.8) is 0 Å². The maximum atomic E-state index is 6.17. The molecule has 2 atom stereocenters. The summed E-state index contributed by atoms with van der Waals surface area (Å²) in [6.07, 6.45) is 3.99. The van der Waals surface area contributed by atoms with E-state index in [4.69, 9.17) is 23.2 Å². The molecule has 1 nitrogen and oxygen atoms in total. The molecule has 2 fully saturated rings. The number of halogens is 2. The molecular formula is C14H17Cl2N. The van der Waals surface area contributed by atoms with Crippen LogP contribution in [0.2, 0.25) is 10.0 Å². The molecule has 3 rings (SSSR count). The van der Waals surface area contributed by atoms with Crippen LogP contribution in [0.25, 0.3) is 0 Å². The Kier molecular flexibility index (Phi) is 2.89. The third-order valence-electron chi connectivity index (χ3n) is 4.54. The van der Waals surface area contributed by atoms with Gasteiger partial charge in [0.1, 0.15) is 0 Å². The van der Waals surface area contributed by atoms with Crippen LogP contribution in [0.4, 0.5) is 0 Å². The molecule has 1 aliphatic carbocycles. The lowest BCUT2D eigenvalue weighted by Gasteiger charge is -2.29. The van der Waals surface area contributed by atoms with E-state index in [9.17, 15) is 0 Å². The number of rotatable bonds is 1. The summed E-state index contributed by atoms with van der Waals surface area (Å²) in [5, 5.41) is 1.35. The molecule has 1 aliphatic heterocycles. The molecule has 1 unspecified atom stereocenters. The lowest BCUT2D eigenvalue weighted by Crippen LogP contribution is -2.31. The number of likely N-dealkylation sites (tertiary alicyclic amines) is 1. The second kappa shape index (κ2) is 4.15. The number of nitrogens with zero attached hydrogens (tertiary/aromatic N) is 1. The van der Waals surface area contributed by atoms with Crippen LogP contribution < -0.4 is 0 Å². The average Bonchev–Trinajstić information content (AvgIpc) is 2.78. The number of benzene rings is 1. The van der Waals surface area contributed by atoms with Crippen LogP contribution >= 0.6 is 23.2 Å².